The van der Waals surface area contributed by atoms with Gasteiger partial charge in [-0.25, -0.2) is 0 Å². The van der Waals surface area contributed by atoms with Gasteiger partial charge in [0, 0.05) is 28.5 Å². The fourth-order valence-electron chi connectivity index (χ4n) is 2.50. The summed E-state index contributed by atoms with van der Waals surface area (Å²) in [7, 11) is 0. The summed E-state index contributed by atoms with van der Waals surface area (Å²) in [6.07, 6.45) is 0.760. The molecule has 0 N–H and O–H groups in total. The molecule has 1 aliphatic rings. The molecule has 1 aromatic carbocycles. The zero-order chi connectivity index (χ0) is 13.5. The molecule has 0 aromatic heterocycles. The summed E-state index contributed by atoms with van der Waals surface area (Å²) in [6, 6.07) is 5.02. The Morgan fingerprint density at radius 1 is 1.06 bits per heavy atom. The molecule has 0 radical (unpaired) electrons. The summed E-state index contributed by atoms with van der Waals surface area (Å²) in [5, 5.41) is 0.766. The molecule has 1 aliphatic carbocycles. The minimum atomic E-state index is -0.792. The second-order valence-electron chi connectivity index (χ2n) is 5.52. The van der Waals surface area contributed by atoms with E-state index in [-0.39, 0.29) is 17.0 Å². The van der Waals surface area contributed by atoms with Crippen molar-refractivity contribution in [2.75, 3.05) is 0 Å². The summed E-state index contributed by atoms with van der Waals surface area (Å²) >= 11 is 12.2. The number of ketones is 2. The zero-order valence-electron chi connectivity index (χ0n) is 10.3. The maximum absolute atomic E-state index is 12.2. The molecule has 18 heavy (non-hydrogen) atoms. The third-order valence-corrected chi connectivity index (χ3v) is 3.90. The van der Waals surface area contributed by atoms with Gasteiger partial charge in [0.1, 0.15) is 17.5 Å². The van der Waals surface area contributed by atoms with Crippen LogP contribution in [0.3, 0.4) is 0 Å². The van der Waals surface area contributed by atoms with Crippen LogP contribution in [0.4, 0.5) is 0 Å². The smallest absolute Gasteiger partial charge is 0.148 e. The monoisotopic (exact) mass is 284 g/mol. The van der Waals surface area contributed by atoms with E-state index in [1.165, 1.54) is 0 Å². The average molecular weight is 285 g/mol. The number of carbonyl (C=O) groups is 2. The number of benzene rings is 1. The van der Waals surface area contributed by atoms with Crippen LogP contribution < -0.4 is 0 Å². The zero-order valence-corrected chi connectivity index (χ0v) is 11.8. The lowest BCUT2D eigenvalue weighted by molar-refractivity contribution is -0.135. The first-order chi connectivity index (χ1) is 8.32. The fourth-order valence-corrected chi connectivity index (χ4v) is 3.11. The molecule has 4 heteroatoms. The lowest BCUT2D eigenvalue weighted by atomic mass is 9.69. The predicted molar refractivity (Wildman–Crippen MR) is 72.2 cm³/mol. The number of hydrogen-bond donors (Lipinski definition) is 0. The number of rotatable bonds is 1. The van der Waals surface area contributed by atoms with Gasteiger partial charge in [0.2, 0.25) is 0 Å². The molecule has 0 heterocycles. The van der Waals surface area contributed by atoms with Gasteiger partial charge in [0.15, 0.2) is 0 Å². The Morgan fingerprint density at radius 2 is 1.50 bits per heavy atom. The fraction of sp³-hybridized carbons (Fsp3) is 0.429. The van der Waals surface area contributed by atoms with E-state index >= 15 is 0 Å². The molecule has 2 rings (SSSR count). The van der Waals surface area contributed by atoms with Gasteiger partial charge < -0.3 is 0 Å². The van der Waals surface area contributed by atoms with Gasteiger partial charge in [0.25, 0.3) is 0 Å². The Kier molecular flexibility index (Phi) is 3.52. The van der Waals surface area contributed by atoms with E-state index in [1.54, 1.807) is 18.2 Å². The summed E-state index contributed by atoms with van der Waals surface area (Å²) in [5.74, 6) is -0.975. The first kappa shape index (κ1) is 13.6. The summed E-state index contributed by atoms with van der Waals surface area (Å²) < 4.78 is 0. The van der Waals surface area contributed by atoms with Crippen LogP contribution in [-0.4, -0.2) is 11.6 Å². The number of halogens is 2. The van der Waals surface area contributed by atoms with Crippen LogP contribution in [0.15, 0.2) is 18.2 Å². The predicted octanol–water partition coefficient (Wildman–Crippen LogP) is 4.04. The molecular weight excluding hydrogens is 271 g/mol. The normalized spacial score (nSPS) is 20.2. The molecule has 2 nitrogen and oxygen atoms in total. The highest BCUT2D eigenvalue weighted by Crippen LogP contribution is 2.42. The maximum Gasteiger partial charge on any atom is 0.148 e. The molecule has 1 saturated carbocycles. The highest BCUT2D eigenvalue weighted by atomic mass is 35.5. The van der Waals surface area contributed by atoms with Crippen LogP contribution in [-0.2, 0) is 9.59 Å². The van der Waals surface area contributed by atoms with Crippen molar-refractivity contribution in [2.24, 2.45) is 5.41 Å². The Balaban J connectivity index is 2.46. The van der Waals surface area contributed by atoms with Gasteiger partial charge >= 0.3 is 0 Å². The van der Waals surface area contributed by atoms with Crippen molar-refractivity contribution in [1.82, 2.24) is 0 Å². The molecule has 1 aromatic rings. The largest absolute Gasteiger partial charge is 0.298 e. The molecule has 0 amide bonds. The Hall–Kier alpha value is -0.860. The third-order valence-electron chi connectivity index (χ3n) is 3.24. The van der Waals surface area contributed by atoms with Crippen LogP contribution in [0.5, 0.6) is 0 Å². The van der Waals surface area contributed by atoms with Crippen LogP contribution in [0, 0.1) is 5.41 Å². The molecule has 0 spiro atoms. The first-order valence-electron chi connectivity index (χ1n) is 5.81. The van der Waals surface area contributed by atoms with Gasteiger partial charge in [-0.2, -0.15) is 0 Å². The van der Waals surface area contributed by atoms with E-state index in [4.69, 9.17) is 23.2 Å². The summed E-state index contributed by atoms with van der Waals surface area (Å²) in [5.41, 5.74) is 0.199. The van der Waals surface area contributed by atoms with Crippen LogP contribution >= 0.6 is 23.2 Å². The number of Topliss-reactive ketones (excluding diaryl/α,β-unsaturated/α-hetero) is 2. The van der Waals surface area contributed by atoms with Crippen molar-refractivity contribution in [3.8, 4) is 0 Å². The highest BCUT2D eigenvalue weighted by molar-refractivity contribution is 6.37. The Bertz CT molecular complexity index is 480. The summed E-state index contributed by atoms with van der Waals surface area (Å²) in [4.78, 5) is 24.4. The molecule has 0 atom stereocenters. The van der Waals surface area contributed by atoms with Crippen LogP contribution in [0.1, 0.15) is 38.2 Å². The van der Waals surface area contributed by atoms with Gasteiger partial charge in [-0.3, -0.25) is 9.59 Å². The molecule has 96 valence electrons. The summed E-state index contributed by atoms with van der Waals surface area (Å²) in [6.45, 7) is 3.85. The molecule has 0 aliphatic heterocycles. The van der Waals surface area contributed by atoms with Gasteiger partial charge in [-0.15, -0.1) is 0 Å². The standard InChI is InChI=1S/C14H14Cl2O2/c1-14(2)6-10(17)13(11(18)7-14)12-8(15)4-3-5-9(12)16/h3-5,13H,6-7H2,1-2H3. The lowest BCUT2D eigenvalue weighted by Gasteiger charge is -2.32. The second-order valence-corrected chi connectivity index (χ2v) is 6.33. The van der Waals surface area contributed by atoms with E-state index in [0.717, 1.165) is 0 Å². The Morgan fingerprint density at radius 3 is 1.94 bits per heavy atom. The van der Waals surface area contributed by atoms with Gasteiger partial charge in [-0.05, 0) is 17.5 Å². The molecular formula is C14H14Cl2O2. The van der Waals surface area contributed by atoms with Crippen molar-refractivity contribution in [1.29, 1.82) is 0 Å². The average Bonchev–Trinajstić information content (AvgIpc) is 2.19. The third kappa shape index (κ3) is 2.45. The quantitative estimate of drug-likeness (QED) is 0.730. The molecule has 0 saturated heterocycles. The SMILES string of the molecule is CC1(C)CC(=O)C(c2c(Cl)cccc2Cl)C(=O)C1. The van der Waals surface area contributed by atoms with Crippen molar-refractivity contribution in [2.45, 2.75) is 32.6 Å². The van der Waals surface area contributed by atoms with E-state index in [2.05, 4.69) is 0 Å². The second kappa shape index (κ2) is 4.67. The number of carbonyl (C=O) groups excluding carboxylic acids is 2. The van der Waals surface area contributed by atoms with Crippen molar-refractivity contribution in [3.63, 3.8) is 0 Å². The highest BCUT2D eigenvalue weighted by Gasteiger charge is 2.41. The topological polar surface area (TPSA) is 34.1 Å². The van der Waals surface area contributed by atoms with Crippen LogP contribution in [0.2, 0.25) is 10.0 Å². The maximum atomic E-state index is 12.2. The van der Waals surface area contributed by atoms with E-state index < -0.39 is 5.92 Å². The molecule has 1 fully saturated rings. The number of hydrogen-bond acceptors (Lipinski definition) is 2. The minimum absolute atomic E-state index is 0.0914. The molecule has 0 bridgehead atoms. The van der Waals surface area contributed by atoms with Crippen molar-refractivity contribution >= 4 is 34.8 Å². The molecule has 0 unspecified atom stereocenters. The van der Waals surface area contributed by atoms with Gasteiger partial charge in [0.05, 0.1) is 0 Å². The van der Waals surface area contributed by atoms with E-state index in [1.807, 2.05) is 13.8 Å². The first-order valence-corrected chi connectivity index (χ1v) is 6.57. The van der Waals surface area contributed by atoms with Crippen molar-refractivity contribution < 1.29 is 9.59 Å². The van der Waals surface area contributed by atoms with Crippen LogP contribution in [0.25, 0.3) is 0 Å². The van der Waals surface area contributed by atoms with Gasteiger partial charge in [-0.1, -0.05) is 43.1 Å². The minimum Gasteiger partial charge on any atom is -0.298 e. The lowest BCUT2D eigenvalue weighted by Crippen LogP contribution is -2.36. The Labute approximate surface area is 116 Å². The van der Waals surface area contributed by atoms with E-state index in [9.17, 15) is 9.59 Å². The van der Waals surface area contributed by atoms with Crippen molar-refractivity contribution in [3.05, 3.63) is 33.8 Å². The van der Waals surface area contributed by atoms with E-state index in [0.29, 0.717) is 28.5 Å².